The molecule has 4 aliphatic rings. The van der Waals surface area contributed by atoms with Crippen molar-refractivity contribution >= 4 is 52.2 Å². The highest BCUT2D eigenvalue weighted by Gasteiger charge is 2.79. The lowest BCUT2D eigenvalue weighted by Crippen LogP contribution is -2.82. The third-order valence-electron chi connectivity index (χ3n) is 17.7. The van der Waals surface area contributed by atoms with E-state index in [1.165, 1.54) is 13.8 Å². The van der Waals surface area contributed by atoms with Crippen LogP contribution >= 0.6 is 0 Å². The van der Waals surface area contributed by atoms with E-state index in [0.717, 1.165) is 0 Å². The number of ether oxygens (including phenoxy) is 5. The summed E-state index contributed by atoms with van der Waals surface area (Å²) in [7, 11) is -5.54. The number of Topliss-reactive ketones (excluding diaryl/α,β-unsaturated/α-hetero) is 1. The fourth-order valence-corrected chi connectivity index (χ4v) is 16.2. The number of fused-ring (bicyclic) bond motifs is 5. The summed E-state index contributed by atoms with van der Waals surface area (Å²) < 4.78 is 46.8. The molecule has 17 heteroatoms. The maximum absolute atomic E-state index is 16.5. The Morgan fingerprint density at radius 1 is 0.865 bits per heavy atom. The van der Waals surface area contributed by atoms with E-state index in [9.17, 15) is 24.3 Å². The molecule has 3 fully saturated rings. The minimum atomic E-state index is -2.92. The lowest BCUT2D eigenvalue weighted by molar-refractivity contribution is -0.346. The first-order valence-electron chi connectivity index (χ1n) is 26.7. The maximum atomic E-state index is 16.5. The average Bonchev–Trinajstić information content (AvgIpc) is 3.33. The van der Waals surface area contributed by atoms with E-state index < -0.39 is 134 Å². The van der Waals surface area contributed by atoms with Gasteiger partial charge in [-0.25, -0.2) is 4.79 Å². The van der Waals surface area contributed by atoms with Crippen molar-refractivity contribution in [2.45, 2.75) is 212 Å². The minimum absolute atomic E-state index is 0.0307. The van der Waals surface area contributed by atoms with E-state index >= 15 is 9.59 Å². The number of esters is 4. The van der Waals surface area contributed by atoms with Crippen molar-refractivity contribution in [3.05, 3.63) is 82.9 Å². The summed E-state index contributed by atoms with van der Waals surface area (Å²) >= 11 is 0. The van der Waals surface area contributed by atoms with Gasteiger partial charge in [0.1, 0.15) is 23.9 Å². The lowest BCUT2D eigenvalue weighted by Gasteiger charge is -2.68. The summed E-state index contributed by atoms with van der Waals surface area (Å²) in [6.07, 6.45) is -7.17. The molecule has 0 aromatic heterocycles. The molecule has 2 aromatic rings. The molecule has 6 rings (SSSR count). The standard InChI is InChI=1S/C57H83NO14Si2/c1-16-20-31-43(61)69-50-48-55(13,41(71-74(17-2,18-3)19-4)32-42-56(48,34-66-42)70-37(7)60)49(62)46(67-36(6)59)44-35(5)40(33-57(50,65)54(44,11)12)68-52(64)47(72-73(14,15)53(8,9)10)45(38-27-23-21-24-28-38)58-51(63)39-29-25-22-26-30-39/h21-30,40-42,45-48,50,65H,16-20,31-34H2,1-15H3,(H,58,63)/t40-,41-,42+,45-,46+,47+,48-,50-,55+,56-,57+/m0/s1. The van der Waals surface area contributed by atoms with Gasteiger partial charge in [-0.15, -0.1) is 0 Å². The first kappa shape index (κ1) is 58.7. The Labute approximate surface area is 440 Å². The van der Waals surface area contributed by atoms with Gasteiger partial charge in [0.05, 0.1) is 30.1 Å². The van der Waals surface area contributed by atoms with Crippen LogP contribution in [0.2, 0.25) is 36.3 Å². The SMILES string of the molecule is CCCCC(=O)O[C@H]1[C@@H]2[C@]3(OC(C)=O)CO[C@@H]3C[C@H](O[Si](CC)(CC)CC)[C@@]2(C)C(=O)[C@H](OC(C)=O)C2=C(C)[C@@H](OC(=O)[C@H](O[Si](C)(C)C(C)(C)C)[C@@H](NC(=O)c3ccccc3)c3ccccc3)C[C@]1(O)C2(C)C. The second kappa shape index (κ2) is 22.2. The molecule has 0 spiro atoms. The molecule has 1 heterocycles. The number of aliphatic hydroxyl groups is 1. The van der Waals surface area contributed by atoms with Gasteiger partial charge in [-0.05, 0) is 85.4 Å². The number of unbranched alkanes of at least 4 members (excludes halogenated alkanes) is 1. The third kappa shape index (κ3) is 10.8. The molecule has 15 nitrogen and oxygen atoms in total. The second-order valence-electron chi connectivity index (χ2n) is 23.4. The second-order valence-corrected chi connectivity index (χ2v) is 32.8. The highest BCUT2D eigenvalue weighted by molar-refractivity contribution is 6.74. The number of ketones is 1. The van der Waals surface area contributed by atoms with Crippen LogP contribution in [0.3, 0.4) is 0 Å². The minimum Gasteiger partial charge on any atom is -0.459 e. The molecule has 2 saturated carbocycles. The van der Waals surface area contributed by atoms with Crippen LogP contribution in [0.25, 0.3) is 0 Å². The highest BCUT2D eigenvalue weighted by Crippen LogP contribution is 2.65. The average molecular weight is 1060 g/mol. The molecule has 11 atom stereocenters. The quantitative estimate of drug-likeness (QED) is 0.0583. The lowest BCUT2D eigenvalue weighted by atomic mass is 9.44. The molecule has 2 aromatic carbocycles. The Bertz CT molecular complexity index is 2430. The van der Waals surface area contributed by atoms with E-state index in [0.29, 0.717) is 47.7 Å². The van der Waals surface area contributed by atoms with Crippen LogP contribution in [0.5, 0.6) is 0 Å². The summed E-state index contributed by atoms with van der Waals surface area (Å²) in [6, 6.07) is 18.6. The van der Waals surface area contributed by atoms with Crippen molar-refractivity contribution in [3.8, 4) is 0 Å². The molecule has 3 aliphatic carbocycles. The Balaban J connectivity index is 1.63. The predicted molar refractivity (Wildman–Crippen MR) is 284 cm³/mol. The first-order chi connectivity index (χ1) is 34.5. The van der Waals surface area contributed by atoms with Crippen molar-refractivity contribution in [2.75, 3.05) is 6.61 Å². The summed E-state index contributed by atoms with van der Waals surface area (Å²) in [5.41, 5.74) is -5.86. The Hall–Kier alpha value is -4.53. The van der Waals surface area contributed by atoms with Crippen LogP contribution in [0, 0.1) is 16.7 Å². The third-order valence-corrected chi connectivity index (χ3v) is 26.8. The van der Waals surface area contributed by atoms with Crippen LogP contribution in [-0.4, -0.2) is 112 Å². The topological polar surface area (TPSA) is 199 Å². The van der Waals surface area contributed by atoms with Crippen LogP contribution < -0.4 is 5.32 Å². The molecule has 2 bridgehead atoms. The van der Waals surface area contributed by atoms with Gasteiger partial charge in [0.25, 0.3) is 5.91 Å². The number of hydrogen-bond acceptors (Lipinski definition) is 14. The number of carbonyl (C=O) groups excluding carboxylic acids is 6. The zero-order valence-corrected chi connectivity index (χ0v) is 48.5. The molecule has 74 heavy (non-hydrogen) atoms. The molecular weight excluding hydrogens is 979 g/mol. The van der Waals surface area contributed by atoms with Crippen LogP contribution in [0.15, 0.2) is 71.8 Å². The summed E-state index contributed by atoms with van der Waals surface area (Å²) in [5.74, 6) is -5.43. The van der Waals surface area contributed by atoms with Crippen LogP contribution in [-0.2, 0) is 56.5 Å². The number of rotatable bonds is 19. The smallest absolute Gasteiger partial charge is 0.337 e. The first-order valence-corrected chi connectivity index (χ1v) is 32.1. The Morgan fingerprint density at radius 3 is 1.97 bits per heavy atom. The summed E-state index contributed by atoms with van der Waals surface area (Å²) in [6.45, 7) is 27.2. The molecule has 0 unspecified atom stereocenters. The number of nitrogens with one attached hydrogen (secondary N) is 1. The van der Waals surface area contributed by atoms with Gasteiger partial charge in [-0.1, -0.05) is 117 Å². The molecule has 2 N–H and O–H groups in total. The fourth-order valence-electron chi connectivity index (χ4n) is 12.0. The Kier molecular flexibility index (Phi) is 17.6. The van der Waals surface area contributed by atoms with Crippen molar-refractivity contribution < 1.29 is 66.4 Å². The van der Waals surface area contributed by atoms with Crippen molar-refractivity contribution in [3.63, 3.8) is 0 Å². The molecule has 1 amide bonds. The van der Waals surface area contributed by atoms with Gasteiger partial charge >= 0.3 is 23.9 Å². The van der Waals surface area contributed by atoms with E-state index in [1.807, 2.05) is 46.9 Å². The number of carbonyl (C=O) groups is 6. The number of benzene rings is 2. The molecule has 0 radical (unpaired) electrons. The summed E-state index contributed by atoms with van der Waals surface area (Å²) in [4.78, 5) is 87.8. The monoisotopic (exact) mass is 1060 g/mol. The van der Waals surface area contributed by atoms with Crippen molar-refractivity contribution in [1.82, 2.24) is 5.32 Å². The van der Waals surface area contributed by atoms with Gasteiger partial charge in [-0.2, -0.15) is 0 Å². The Morgan fingerprint density at radius 2 is 1.46 bits per heavy atom. The molecule has 408 valence electrons. The van der Waals surface area contributed by atoms with Gasteiger partial charge in [0.15, 0.2) is 40.2 Å². The normalized spacial score (nSPS) is 29.4. The fraction of sp³-hybridized carbons (Fsp3) is 0.649. The largest absolute Gasteiger partial charge is 0.459 e. The summed E-state index contributed by atoms with van der Waals surface area (Å²) in [5, 5.41) is 17.0. The highest BCUT2D eigenvalue weighted by atomic mass is 28.4. The van der Waals surface area contributed by atoms with Crippen molar-refractivity contribution in [2.24, 2.45) is 16.7 Å². The van der Waals surface area contributed by atoms with Gasteiger partial charge in [0, 0.05) is 44.1 Å². The zero-order chi connectivity index (χ0) is 55.0. The predicted octanol–water partition coefficient (Wildman–Crippen LogP) is 9.67. The molecule has 1 aliphatic heterocycles. The molecular formula is C57H83NO14Si2. The maximum Gasteiger partial charge on any atom is 0.337 e. The van der Waals surface area contributed by atoms with Gasteiger partial charge in [0.2, 0.25) is 0 Å². The van der Waals surface area contributed by atoms with Gasteiger partial charge < -0.3 is 43.0 Å². The number of hydrogen-bond donors (Lipinski definition) is 2. The zero-order valence-electron chi connectivity index (χ0n) is 46.5. The van der Waals surface area contributed by atoms with Crippen molar-refractivity contribution in [1.29, 1.82) is 0 Å². The number of amides is 1. The van der Waals surface area contributed by atoms with Crippen LogP contribution in [0.4, 0.5) is 0 Å². The van der Waals surface area contributed by atoms with E-state index in [1.54, 1.807) is 82.3 Å². The van der Waals surface area contributed by atoms with E-state index in [2.05, 4.69) is 26.1 Å². The van der Waals surface area contributed by atoms with E-state index in [4.69, 9.17) is 32.5 Å². The van der Waals surface area contributed by atoms with Gasteiger partial charge in [-0.3, -0.25) is 24.0 Å². The van der Waals surface area contributed by atoms with Crippen LogP contribution in [0.1, 0.15) is 144 Å². The van der Waals surface area contributed by atoms with E-state index in [-0.39, 0.29) is 25.0 Å². The molecule has 1 saturated heterocycles.